The standard InChI is InChI=1S/C19H27N5O/c1-14-7-8-18(22-17(14)13-20)24-11-9-23(10-12-24)15(2)19(25)21-16-5-3-4-6-16/h7-8,15-16H,3-6,9-12H2,1-2H3,(H,21,25). The highest BCUT2D eigenvalue weighted by molar-refractivity contribution is 5.81. The zero-order valence-corrected chi connectivity index (χ0v) is 15.2. The summed E-state index contributed by atoms with van der Waals surface area (Å²) in [6, 6.07) is 6.35. The Morgan fingerprint density at radius 3 is 2.60 bits per heavy atom. The fourth-order valence-electron chi connectivity index (χ4n) is 3.70. The van der Waals surface area contributed by atoms with Crippen molar-refractivity contribution >= 4 is 11.7 Å². The number of pyridine rings is 1. The number of nitriles is 1. The molecule has 0 spiro atoms. The van der Waals surface area contributed by atoms with E-state index in [0.717, 1.165) is 50.4 Å². The lowest BCUT2D eigenvalue weighted by Crippen LogP contribution is -2.55. The van der Waals surface area contributed by atoms with Gasteiger partial charge in [-0.15, -0.1) is 0 Å². The molecular formula is C19H27N5O. The molecule has 2 heterocycles. The first-order valence-corrected chi connectivity index (χ1v) is 9.25. The van der Waals surface area contributed by atoms with E-state index in [4.69, 9.17) is 5.26 Å². The number of rotatable bonds is 4. The van der Waals surface area contributed by atoms with E-state index in [1.165, 1.54) is 12.8 Å². The second-order valence-corrected chi connectivity index (χ2v) is 7.14. The molecular weight excluding hydrogens is 314 g/mol. The Balaban J connectivity index is 1.54. The molecule has 2 aliphatic rings. The van der Waals surface area contributed by atoms with Crippen molar-refractivity contribution in [1.82, 2.24) is 15.2 Å². The van der Waals surface area contributed by atoms with Crippen LogP contribution in [0.5, 0.6) is 0 Å². The minimum Gasteiger partial charge on any atom is -0.354 e. The fourth-order valence-corrected chi connectivity index (χ4v) is 3.70. The number of amides is 1. The maximum Gasteiger partial charge on any atom is 0.237 e. The molecule has 1 saturated heterocycles. The van der Waals surface area contributed by atoms with Crippen molar-refractivity contribution in [1.29, 1.82) is 5.26 Å². The van der Waals surface area contributed by atoms with Gasteiger partial charge in [0.2, 0.25) is 5.91 Å². The number of anilines is 1. The van der Waals surface area contributed by atoms with Crippen molar-refractivity contribution in [2.24, 2.45) is 0 Å². The molecule has 134 valence electrons. The van der Waals surface area contributed by atoms with Crippen molar-refractivity contribution in [2.45, 2.75) is 51.6 Å². The maximum atomic E-state index is 12.5. The minimum atomic E-state index is -0.0941. The predicted octanol–water partition coefficient (Wildman–Crippen LogP) is 1.83. The van der Waals surface area contributed by atoms with Crippen LogP contribution in [-0.4, -0.2) is 54.1 Å². The molecule has 1 unspecified atom stereocenters. The lowest BCUT2D eigenvalue weighted by atomic mass is 10.1. The van der Waals surface area contributed by atoms with Crippen LogP contribution in [0, 0.1) is 18.3 Å². The molecule has 1 aliphatic carbocycles. The summed E-state index contributed by atoms with van der Waals surface area (Å²) in [5, 5.41) is 12.3. The number of carbonyl (C=O) groups is 1. The van der Waals surface area contributed by atoms with Crippen LogP contribution in [0.3, 0.4) is 0 Å². The van der Waals surface area contributed by atoms with Gasteiger partial charge in [0.1, 0.15) is 17.6 Å². The van der Waals surface area contributed by atoms with Gasteiger partial charge in [-0.3, -0.25) is 9.69 Å². The molecule has 0 bridgehead atoms. The van der Waals surface area contributed by atoms with Gasteiger partial charge in [-0.2, -0.15) is 5.26 Å². The topological polar surface area (TPSA) is 72.3 Å². The number of aromatic nitrogens is 1. The number of piperazine rings is 1. The molecule has 0 radical (unpaired) electrons. The summed E-state index contributed by atoms with van der Waals surface area (Å²) in [6.45, 7) is 7.20. The Bertz CT molecular complexity index is 654. The van der Waals surface area contributed by atoms with E-state index >= 15 is 0 Å². The van der Waals surface area contributed by atoms with Crippen LogP contribution in [0.4, 0.5) is 5.82 Å². The average Bonchev–Trinajstić information content (AvgIpc) is 3.14. The van der Waals surface area contributed by atoms with E-state index in [9.17, 15) is 4.79 Å². The van der Waals surface area contributed by atoms with Gasteiger partial charge in [-0.1, -0.05) is 18.9 Å². The number of nitrogens with zero attached hydrogens (tertiary/aromatic N) is 4. The minimum absolute atomic E-state index is 0.0941. The van der Waals surface area contributed by atoms with Crippen LogP contribution >= 0.6 is 0 Å². The smallest absolute Gasteiger partial charge is 0.237 e. The van der Waals surface area contributed by atoms with Gasteiger partial charge >= 0.3 is 0 Å². The lowest BCUT2D eigenvalue weighted by Gasteiger charge is -2.38. The Kier molecular flexibility index (Phi) is 5.54. The van der Waals surface area contributed by atoms with Crippen molar-refractivity contribution in [3.63, 3.8) is 0 Å². The summed E-state index contributed by atoms with van der Waals surface area (Å²) in [6.07, 6.45) is 4.69. The molecule has 0 aromatic carbocycles. The van der Waals surface area contributed by atoms with Gasteiger partial charge in [-0.25, -0.2) is 4.98 Å². The average molecular weight is 341 g/mol. The van der Waals surface area contributed by atoms with E-state index in [-0.39, 0.29) is 11.9 Å². The van der Waals surface area contributed by atoms with Gasteiger partial charge in [0.25, 0.3) is 0 Å². The summed E-state index contributed by atoms with van der Waals surface area (Å²) in [7, 11) is 0. The van der Waals surface area contributed by atoms with E-state index in [1.54, 1.807) is 0 Å². The number of nitrogens with one attached hydrogen (secondary N) is 1. The van der Waals surface area contributed by atoms with Crippen LogP contribution in [0.25, 0.3) is 0 Å². The second-order valence-electron chi connectivity index (χ2n) is 7.14. The summed E-state index contributed by atoms with van der Waals surface area (Å²) < 4.78 is 0. The molecule has 25 heavy (non-hydrogen) atoms. The second kappa shape index (κ2) is 7.83. The molecule has 1 aliphatic heterocycles. The van der Waals surface area contributed by atoms with E-state index in [0.29, 0.717) is 11.7 Å². The third kappa shape index (κ3) is 4.10. The molecule has 3 rings (SSSR count). The van der Waals surface area contributed by atoms with E-state index < -0.39 is 0 Å². The Morgan fingerprint density at radius 2 is 1.96 bits per heavy atom. The lowest BCUT2D eigenvalue weighted by molar-refractivity contribution is -0.126. The normalized spacial score (nSPS) is 20.3. The van der Waals surface area contributed by atoms with Crippen LogP contribution in [0.1, 0.15) is 43.9 Å². The molecule has 1 aromatic heterocycles. The first-order valence-electron chi connectivity index (χ1n) is 9.25. The largest absolute Gasteiger partial charge is 0.354 e. The highest BCUT2D eigenvalue weighted by Gasteiger charge is 2.28. The van der Waals surface area contributed by atoms with Crippen LogP contribution in [0.15, 0.2) is 12.1 Å². The fraction of sp³-hybridized carbons (Fsp3) is 0.632. The molecule has 1 atom stereocenters. The number of aryl methyl sites for hydroxylation is 1. The van der Waals surface area contributed by atoms with Gasteiger partial charge < -0.3 is 10.2 Å². The zero-order chi connectivity index (χ0) is 17.8. The van der Waals surface area contributed by atoms with Crippen molar-refractivity contribution in [2.75, 3.05) is 31.1 Å². The zero-order valence-electron chi connectivity index (χ0n) is 15.2. The summed E-state index contributed by atoms with van der Waals surface area (Å²) in [5.41, 5.74) is 1.39. The van der Waals surface area contributed by atoms with Crippen LogP contribution < -0.4 is 10.2 Å². The number of hydrogen-bond acceptors (Lipinski definition) is 5. The SMILES string of the molecule is Cc1ccc(N2CCN(C(C)C(=O)NC3CCCC3)CC2)nc1C#N. The molecule has 1 amide bonds. The monoisotopic (exact) mass is 341 g/mol. The molecule has 2 fully saturated rings. The van der Waals surface area contributed by atoms with Crippen molar-refractivity contribution in [3.05, 3.63) is 23.4 Å². The number of hydrogen-bond donors (Lipinski definition) is 1. The highest BCUT2D eigenvalue weighted by Crippen LogP contribution is 2.19. The third-order valence-corrected chi connectivity index (χ3v) is 5.46. The highest BCUT2D eigenvalue weighted by atomic mass is 16.2. The molecule has 6 nitrogen and oxygen atoms in total. The van der Waals surface area contributed by atoms with Crippen molar-refractivity contribution < 1.29 is 4.79 Å². The van der Waals surface area contributed by atoms with Crippen LogP contribution in [-0.2, 0) is 4.79 Å². The third-order valence-electron chi connectivity index (χ3n) is 5.46. The Morgan fingerprint density at radius 1 is 1.28 bits per heavy atom. The summed E-state index contributed by atoms with van der Waals surface area (Å²) in [4.78, 5) is 21.3. The van der Waals surface area contributed by atoms with Gasteiger partial charge in [0.15, 0.2) is 0 Å². The van der Waals surface area contributed by atoms with E-state index in [2.05, 4.69) is 26.2 Å². The maximum absolute atomic E-state index is 12.5. The molecule has 1 N–H and O–H groups in total. The molecule has 1 saturated carbocycles. The number of carbonyl (C=O) groups excluding carboxylic acids is 1. The quantitative estimate of drug-likeness (QED) is 0.904. The van der Waals surface area contributed by atoms with E-state index in [1.807, 2.05) is 26.0 Å². The Hall–Kier alpha value is -2.13. The first kappa shape index (κ1) is 17.7. The predicted molar refractivity (Wildman–Crippen MR) is 97.3 cm³/mol. The van der Waals surface area contributed by atoms with Crippen molar-refractivity contribution in [3.8, 4) is 6.07 Å². The van der Waals surface area contributed by atoms with Gasteiger partial charge in [-0.05, 0) is 38.3 Å². The summed E-state index contributed by atoms with van der Waals surface area (Å²) >= 11 is 0. The molecule has 6 heteroatoms. The van der Waals surface area contributed by atoms with Gasteiger partial charge in [0, 0.05) is 32.2 Å². The first-order chi connectivity index (χ1) is 12.1. The van der Waals surface area contributed by atoms with Gasteiger partial charge in [0.05, 0.1) is 6.04 Å². The Labute approximate surface area is 149 Å². The molecule has 1 aromatic rings. The summed E-state index contributed by atoms with van der Waals surface area (Å²) in [5.74, 6) is 1.01. The van der Waals surface area contributed by atoms with Crippen LogP contribution in [0.2, 0.25) is 0 Å².